The fourth-order valence-electron chi connectivity index (χ4n) is 3.86. The molecule has 0 unspecified atom stereocenters. The van der Waals surface area contributed by atoms with Gasteiger partial charge in [-0.15, -0.1) is 0 Å². The number of aromatic hydroxyl groups is 1. The monoisotopic (exact) mass is 428 g/mol. The Kier molecular flexibility index (Phi) is 5.57. The van der Waals surface area contributed by atoms with E-state index in [2.05, 4.69) is 31.0 Å². The smallest absolute Gasteiger partial charge is 0.504 e. The second-order valence-electron chi connectivity index (χ2n) is 7.33. The molecule has 4 rings (SSSR count). The topological polar surface area (TPSA) is 138 Å². The molecule has 5 N–H and O–H groups in total. The summed E-state index contributed by atoms with van der Waals surface area (Å²) in [5.74, 6) is -0.547. The number of aromatic amines is 1. The Bertz CT molecular complexity index is 1210. The summed E-state index contributed by atoms with van der Waals surface area (Å²) in [7, 11) is 3.89. The van der Waals surface area contributed by atoms with Gasteiger partial charge in [-0.2, -0.15) is 0 Å². The molecule has 10 nitrogen and oxygen atoms in total. The summed E-state index contributed by atoms with van der Waals surface area (Å²) < 4.78 is 12.5. The van der Waals surface area contributed by atoms with Crippen molar-refractivity contribution >= 4 is 17.1 Å². The maximum atomic E-state index is 12.4. The largest absolute Gasteiger partial charge is 0.511 e. The van der Waals surface area contributed by atoms with Gasteiger partial charge in [0, 0.05) is 61.4 Å². The number of nitrogens with one attached hydrogen (secondary N) is 3. The molecule has 0 saturated carbocycles. The van der Waals surface area contributed by atoms with E-state index in [9.17, 15) is 14.7 Å². The number of fused-ring (bicyclic) bond motifs is 4. The number of ether oxygens (including phenoxy) is 2. The second-order valence-corrected chi connectivity index (χ2v) is 7.33. The van der Waals surface area contributed by atoms with Gasteiger partial charge in [0.2, 0.25) is 5.75 Å². The number of carboxylic acid groups (broad SMARTS) is 1. The van der Waals surface area contributed by atoms with Crippen molar-refractivity contribution < 1.29 is 24.5 Å². The molecule has 1 aliphatic heterocycles. The predicted octanol–water partition coefficient (Wildman–Crippen LogP) is 1.54. The Morgan fingerprint density at radius 2 is 2.13 bits per heavy atom. The third-order valence-electron chi connectivity index (χ3n) is 5.42. The normalized spacial score (nSPS) is 12.7. The Labute approximate surface area is 177 Å². The van der Waals surface area contributed by atoms with Crippen LogP contribution in [-0.4, -0.2) is 52.7 Å². The number of carbonyl (C=O) groups is 1. The van der Waals surface area contributed by atoms with Crippen molar-refractivity contribution in [2.24, 2.45) is 7.05 Å². The first-order valence-electron chi connectivity index (χ1n) is 9.90. The zero-order valence-electron chi connectivity index (χ0n) is 17.2. The van der Waals surface area contributed by atoms with Crippen LogP contribution in [0.2, 0.25) is 0 Å². The summed E-state index contributed by atoms with van der Waals surface area (Å²) in [5.41, 5.74) is 2.63. The lowest BCUT2D eigenvalue weighted by Crippen LogP contribution is -2.25. The number of pyridine rings is 1. The van der Waals surface area contributed by atoms with Crippen LogP contribution in [0.25, 0.3) is 22.2 Å². The first kappa shape index (κ1) is 20.8. The van der Waals surface area contributed by atoms with E-state index in [1.807, 2.05) is 26.2 Å². The number of rotatable bonds is 6. The van der Waals surface area contributed by atoms with Gasteiger partial charge in [-0.05, 0) is 19.2 Å². The number of aryl methyl sites for hydroxylation is 1. The van der Waals surface area contributed by atoms with Crippen LogP contribution < -0.4 is 25.7 Å². The van der Waals surface area contributed by atoms with Crippen LogP contribution in [0.15, 0.2) is 23.0 Å². The van der Waals surface area contributed by atoms with Crippen molar-refractivity contribution in [2.75, 3.05) is 26.7 Å². The highest BCUT2D eigenvalue weighted by Gasteiger charge is 2.26. The van der Waals surface area contributed by atoms with E-state index in [0.717, 1.165) is 29.7 Å². The molecule has 3 heterocycles. The molecule has 0 fully saturated rings. The predicted molar refractivity (Wildman–Crippen MR) is 114 cm³/mol. The fourth-order valence-corrected chi connectivity index (χ4v) is 3.86. The molecule has 164 valence electrons. The molecule has 10 heteroatoms. The molecule has 0 spiro atoms. The second kappa shape index (κ2) is 8.32. The van der Waals surface area contributed by atoms with Crippen LogP contribution in [0.3, 0.4) is 0 Å². The van der Waals surface area contributed by atoms with Crippen LogP contribution in [0.1, 0.15) is 11.3 Å². The molecule has 0 saturated heterocycles. The molecule has 0 aliphatic carbocycles. The Balaban J connectivity index is 1.80. The van der Waals surface area contributed by atoms with Gasteiger partial charge in [0.25, 0.3) is 5.56 Å². The zero-order valence-corrected chi connectivity index (χ0v) is 17.2. The molecule has 0 radical (unpaired) electrons. The molecule has 1 aromatic carbocycles. The average molecular weight is 428 g/mol. The number of likely N-dealkylation sites (N-methyl/N-ethyl adjacent to an activating group) is 1. The van der Waals surface area contributed by atoms with Gasteiger partial charge in [0.05, 0.1) is 17.8 Å². The first-order valence-corrected chi connectivity index (χ1v) is 9.90. The van der Waals surface area contributed by atoms with Crippen molar-refractivity contribution in [1.82, 2.24) is 20.2 Å². The van der Waals surface area contributed by atoms with Gasteiger partial charge in [0.15, 0.2) is 5.75 Å². The fraction of sp³-hybridized carbons (Fsp3) is 0.333. The summed E-state index contributed by atoms with van der Waals surface area (Å²) in [6.45, 7) is 2.66. The van der Waals surface area contributed by atoms with E-state index < -0.39 is 23.2 Å². The minimum Gasteiger partial charge on any atom is -0.504 e. The molecule has 0 amide bonds. The van der Waals surface area contributed by atoms with Crippen molar-refractivity contribution in [3.05, 3.63) is 39.8 Å². The standard InChI is InChI=1S/C21H24N4O6/c1-22-4-5-23-10-12-7-11-8-14-16(9-15(11)25(12)2)30-6-3-13-17(14)24-20(27)19(18(13)26)31-21(28)29/h7-9,22-23H,3-6,10H2,1-2H3,(H,28,29)(H2,24,26,27). The Morgan fingerprint density at radius 3 is 2.87 bits per heavy atom. The molecule has 3 aromatic rings. The minimum absolute atomic E-state index is 0.250. The maximum Gasteiger partial charge on any atom is 0.511 e. The molecule has 0 atom stereocenters. The van der Waals surface area contributed by atoms with Gasteiger partial charge < -0.3 is 39.9 Å². The summed E-state index contributed by atoms with van der Waals surface area (Å²) in [6.07, 6.45) is -1.40. The number of nitrogens with zero attached hydrogens (tertiary/aromatic N) is 1. The SMILES string of the molecule is CNCCNCc1cc2cc3c(cc2n1C)OCCc1c-3[nH]c(=O)c(OC(=O)O)c1O. The molecule has 1 aliphatic rings. The van der Waals surface area contributed by atoms with Gasteiger partial charge in [-0.3, -0.25) is 4.79 Å². The van der Waals surface area contributed by atoms with Crippen molar-refractivity contribution in [1.29, 1.82) is 0 Å². The average Bonchev–Trinajstić information content (AvgIpc) is 2.92. The van der Waals surface area contributed by atoms with Crippen LogP contribution in [0.5, 0.6) is 17.2 Å². The zero-order chi connectivity index (χ0) is 22.1. The molecule has 0 bridgehead atoms. The van der Waals surface area contributed by atoms with E-state index in [1.165, 1.54) is 0 Å². The number of H-pyrrole nitrogens is 1. The molecular formula is C21H24N4O6. The highest BCUT2D eigenvalue weighted by Crippen LogP contribution is 2.41. The molecular weight excluding hydrogens is 404 g/mol. The van der Waals surface area contributed by atoms with Gasteiger partial charge in [-0.1, -0.05) is 0 Å². The number of benzene rings is 1. The third-order valence-corrected chi connectivity index (χ3v) is 5.42. The Hall–Kier alpha value is -3.50. The van der Waals surface area contributed by atoms with E-state index >= 15 is 0 Å². The van der Waals surface area contributed by atoms with Crippen LogP contribution in [0.4, 0.5) is 4.79 Å². The summed E-state index contributed by atoms with van der Waals surface area (Å²) >= 11 is 0. The quantitative estimate of drug-likeness (QED) is 0.294. The number of hydrogen-bond acceptors (Lipinski definition) is 7. The molecule has 2 aromatic heterocycles. The lowest BCUT2D eigenvalue weighted by atomic mass is 10.0. The van der Waals surface area contributed by atoms with Crippen molar-refractivity contribution in [3.8, 4) is 28.5 Å². The summed E-state index contributed by atoms with van der Waals surface area (Å²) in [6, 6.07) is 5.87. The van der Waals surface area contributed by atoms with E-state index in [4.69, 9.17) is 9.84 Å². The van der Waals surface area contributed by atoms with Crippen LogP contribution in [0, 0.1) is 0 Å². The number of hydrogen-bond donors (Lipinski definition) is 5. The van der Waals surface area contributed by atoms with E-state index in [-0.39, 0.29) is 13.0 Å². The van der Waals surface area contributed by atoms with Crippen molar-refractivity contribution in [2.45, 2.75) is 13.0 Å². The summed E-state index contributed by atoms with van der Waals surface area (Å²) in [4.78, 5) is 25.9. The number of aromatic nitrogens is 2. The highest BCUT2D eigenvalue weighted by molar-refractivity contribution is 5.90. The summed E-state index contributed by atoms with van der Waals surface area (Å²) in [5, 5.41) is 26.8. The maximum absolute atomic E-state index is 12.4. The minimum atomic E-state index is -1.67. The van der Waals surface area contributed by atoms with Crippen molar-refractivity contribution in [3.63, 3.8) is 0 Å². The Morgan fingerprint density at radius 1 is 1.32 bits per heavy atom. The highest BCUT2D eigenvalue weighted by atomic mass is 16.7. The lowest BCUT2D eigenvalue weighted by Gasteiger charge is -2.12. The van der Waals surface area contributed by atoms with Gasteiger partial charge >= 0.3 is 6.16 Å². The van der Waals surface area contributed by atoms with E-state index in [1.54, 1.807) is 0 Å². The van der Waals surface area contributed by atoms with Crippen LogP contribution >= 0.6 is 0 Å². The first-order chi connectivity index (χ1) is 14.9. The van der Waals surface area contributed by atoms with Gasteiger partial charge in [0.1, 0.15) is 5.75 Å². The molecule has 31 heavy (non-hydrogen) atoms. The van der Waals surface area contributed by atoms with Gasteiger partial charge in [-0.25, -0.2) is 4.79 Å². The van der Waals surface area contributed by atoms with E-state index in [0.29, 0.717) is 29.1 Å². The third kappa shape index (κ3) is 3.82. The van der Waals surface area contributed by atoms with Crippen LogP contribution in [-0.2, 0) is 20.0 Å². The lowest BCUT2D eigenvalue weighted by molar-refractivity contribution is 0.142.